The molecule has 1 aliphatic heterocycles. The molecule has 0 spiro atoms. The van der Waals surface area contributed by atoms with E-state index < -0.39 is 0 Å². The van der Waals surface area contributed by atoms with Crippen LogP contribution in [0.15, 0.2) is 36.4 Å². The van der Waals surface area contributed by atoms with Crippen LogP contribution in [-0.4, -0.2) is 18.5 Å². The predicted octanol–water partition coefficient (Wildman–Crippen LogP) is 4.30. The van der Waals surface area contributed by atoms with Gasteiger partial charge in [0.25, 0.3) is 0 Å². The lowest BCUT2D eigenvalue weighted by Gasteiger charge is -2.17. The first-order valence-corrected chi connectivity index (χ1v) is 8.91. The molecular weight excluding hydrogens is 354 g/mol. The molecule has 0 aliphatic carbocycles. The summed E-state index contributed by atoms with van der Waals surface area (Å²) < 4.78 is 11.0. The fourth-order valence-corrected chi connectivity index (χ4v) is 2.84. The van der Waals surface area contributed by atoms with Gasteiger partial charge in [-0.05, 0) is 67.3 Å². The molecule has 0 fully saturated rings. The minimum Gasteiger partial charge on any atom is -0.494 e. The van der Waals surface area contributed by atoms with Gasteiger partial charge in [-0.1, -0.05) is 11.6 Å². The van der Waals surface area contributed by atoms with Crippen molar-refractivity contribution >= 4 is 29.2 Å². The van der Waals surface area contributed by atoms with Crippen LogP contribution in [0.2, 0.25) is 5.02 Å². The van der Waals surface area contributed by atoms with Gasteiger partial charge in [0, 0.05) is 23.6 Å². The number of amides is 1. The molecule has 5 nitrogen and oxygen atoms in total. The number of anilines is 1. The van der Waals surface area contributed by atoms with E-state index in [1.807, 2.05) is 25.1 Å². The van der Waals surface area contributed by atoms with E-state index in [-0.39, 0.29) is 18.3 Å². The van der Waals surface area contributed by atoms with Crippen molar-refractivity contribution in [3.63, 3.8) is 0 Å². The van der Waals surface area contributed by atoms with E-state index in [2.05, 4.69) is 5.32 Å². The number of fused-ring (bicyclic) bond motifs is 1. The van der Waals surface area contributed by atoms with E-state index in [0.717, 1.165) is 22.6 Å². The molecule has 2 aromatic carbocycles. The first-order valence-electron chi connectivity index (χ1n) is 8.54. The van der Waals surface area contributed by atoms with Gasteiger partial charge in [0.1, 0.15) is 11.5 Å². The lowest BCUT2D eigenvalue weighted by Crippen LogP contribution is -2.18. The highest BCUT2D eigenvalue weighted by Crippen LogP contribution is 2.27. The van der Waals surface area contributed by atoms with E-state index in [0.29, 0.717) is 36.6 Å². The van der Waals surface area contributed by atoms with Crippen molar-refractivity contribution in [3.05, 3.63) is 52.5 Å². The lowest BCUT2D eigenvalue weighted by atomic mass is 10.0. The third-order valence-corrected chi connectivity index (χ3v) is 4.55. The van der Waals surface area contributed by atoms with Crippen LogP contribution >= 0.6 is 11.6 Å². The summed E-state index contributed by atoms with van der Waals surface area (Å²) in [7, 11) is 0. The van der Waals surface area contributed by atoms with Crippen LogP contribution in [0.4, 0.5) is 5.69 Å². The van der Waals surface area contributed by atoms with Crippen molar-refractivity contribution in [2.24, 2.45) is 0 Å². The Morgan fingerprint density at radius 2 is 1.96 bits per heavy atom. The fraction of sp³-hybridized carbons (Fsp3) is 0.300. The summed E-state index contributed by atoms with van der Waals surface area (Å²) in [6.45, 7) is 2.28. The van der Waals surface area contributed by atoms with Crippen LogP contribution in [0.5, 0.6) is 11.5 Å². The number of ether oxygens (including phenoxy) is 2. The van der Waals surface area contributed by atoms with E-state index in [4.69, 9.17) is 21.1 Å². The molecule has 0 unspecified atom stereocenters. The average molecular weight is 374 g/mol. The zero-order valence-electron chi connectivity index (χ0n) is 14.5. The molecule has 1 aliphatic rings. The Bertz CT molecular complexity index is 835. The number of aryl methyl sites for hydroxylation is 2. The van der Waals surface area contributed by atoms with Crippen molar-refractivity contribution in [1.29, 1.82) is 0 Å². The Morgan fingerprint density at radius 3 is 2.77 bits per heavy atom. The maximum atomic E-state index is 11.9. The van der Waals surface area contributed by atoms with Gasteiger partial charge in [-0.25, -0.2) is 0 Å². The molecule has 6 heteroatoms. The van der Waals surface area contributed by atoms with Gasteiger partial charge >= 0.3 is 5.97 Å². The molecule has 0 bridgehead atoms. The molecule has 1 amide bonds. The molecular formula is C20H20ClNO4. The summed E-state index contributed by atoms with van der Waals surface area (Å²) in [6, 6.07) is 10.7. The van der Waals surface area contributed by atoms with Crippen LogP contribution in [-0.2, 0) is 16.0 Å². The minimum atomic E-state index is -0.302. The number of hydrogen-bond acceptors (Lipinski definition) is 4. The summed E-state index contributed by atoms with van der Waals surface area (Å²) in [6.07, 6.45) is 2.03. The van der Waals surface area contributed by atoms with Crippen molar-refractivity contribution < 1.29 is 19.1 Å². The zero-order chi connectivity index (χ0) is 18.5. The maximum absolute atomic E-state index is 11.9. The summed E-state index contributed by atoms with van der Waals surface area (Å²) in [5.74, 6) is 0.972. The van der Waals surface area contributed by atoms with Crippen LogP contribution in [0.3, 0.4) is 0 Å². The SMILES string of the molecule is Cc1cc(OC(=O)CCCOc2ccc3c(c2)CCC(=O)N3)ccc1Cl. The van der Waals surface area contributed by atoms with Gasteiger partial charge in [0.2, 0.25) is 5.91 Å². The zero-order valence-corrected chi connectivity index (χ0v) is 15.3. The van der Waals surface area contributed by atoms with Crippen molar-refractivity contribution in [2.75, 3.05) is 11.9 Å². The summed E-state index contributed by atoms with van der Waals surface area (Å²) >= 11 is 5.95. The second kappa shape index (κ2) is 8.23. The standard InChI is InChI=1S/C20H20ClNO4/c1-13-11-16(5-7-17(13)21)26-20(24)3-2-10-25-15-6-8-18-14(12-15)4-9-19(23)22-18/h5-8,11-12H,2-4,9-10H2,1H3,(H,22,23). The molecule has 0 saturated heterocycles. The molecule has 136 valence electrons. The van der Waals surface area contributed by atoms with E-state index in [1.165, 1.54) is 0 Å². The number of carbonyl (C=O) groups is 2. The Balaban J connectivity index is 1.43. The molecule has 1 heterocycles. The lowest BCUT2D eigenvalue weighted by molar-refractivity contribution is -0.134. The van der Waals surface area contributed by atoms with Gasteiger partial charge in [-0.2, -0.15) is 0 Å². The molecule has 0 saturated carbocycles. The summed E-state index contributed by atoms with van der Waals surface area (Å²) in [4.78, 5) is 23.3. The fourth-order valence-electron chi connectivity index (χ4n) is 2.72. The Labute approximate surface area is 157 Å². The normalized spacial score (nSPS) is 12.9. The molecule has 0 atom stereocenters. The third-order valence-electron chi connectivity index (χ3n) is 4.13. The average Bonchev–Trinajstić information content (AvgIpc) is 2.62. The number of benzene rings is 2. The van der Waals surface area contributed by atoms with Gasteiger partial charge in [-0.3, -0.25) is 9.59 Å². The number of hydrogen-bond donors (Lipinski definition) is 1. The number of halogens is 1. The van der Waals surface area contributed by atoms with Crippen LogP contribution < -0.4 is 14.8 Å². The highest BCUT2D eigenvalue weighted by molar-refractivity contribution is 6.31. The van der Waals surface area contributed by atoms with E-state index in [1.54, 1.807) is 18.2 Å². The number of nitrogens with one attached hydrogen (secondary N) is 1. The van der Waals surface area contributed by atoms with Crippen molar-refractivity contribution in [3.8, 4) is 11.5 Å². The number of carbonyl (C=O) groups excluding carboxylic acids is 2. The van der Waals surface area contributed by atoms with E-state index in [9.17, 15) is 9.59 Å². The minimum absolute atomic E-state index is 0.0422. The third kappa shape index (κ3) is 4.76. The van der Waals surface area contributed by atoms with Crippen molar-refractivity contribution in [1.82, 2.24) is 0 Å². The first-order chi connectivity index (χ1) is 12.5. The number of rotatable bonds is 6. The summed E-state index contributed by atoms with van der Waals surface area (Å²) in [5, 5.41) is 3.48. The van der Waals surface area contributed by atoms with Gasteiger partial charge in [0.15, 0.2) is 0 Å². The van der Waals surface area contributed by atoms with Gasteiger partial charge in [0.05, 0.1) is 6.61 Å². The topological polar surface area (TPSA) is 64.6 Å². The molecule has 0 aromatic heterocycles. The smallest absolute Gasteiger partial charge is 0.311 e. The Hall–Kier alpha value is -2.53. The van der Waals surface area contributed by atoms with Crippen LogP contribution in [0.25, 0.3) is 0 Å². The largest absolute Gasteiger partial charge is 0.494 e. The molecule has 2 aromatic rings. The Kier molecular flexibility index (Phi) is 5.78. The van der Waals surface area contributed by atoms with Gasteiger partial charge < -0.3 is 14.8 Å². The molecule has 1 N–H and O–H groups in total. The number of esters is 1. The highest BCUT2D eigenvalue weighted by atomic mass is 35.5. The monoisotopic (exact) mass is 373 g/mol. The predicted molar refractivity (Wildman–Crippen MR) is 99.9 cm³/mol. The summed E-state index contributed by atoms with van der Waals surface area (Å²) in [5.41, 5.74) is 2.78. The second-order valence-electron chi connectivity index (χ2n) is 6.20. The van der Waals surface area contributed by atoms with Crippen LogP contribution in [0.1, 0.15) is 30.4 Å². The first kappa shape index (κ1) is 18.3. The molecule has 0 radical (unpaired) electrons. The highest BCUT2D eigenvalue weighted by Gasteiger charge is 2.15. The molecule has 26 heavy (non-hydrogen) atoms. The molecule has 3 rings (SSSR count). The van der Waals surface area contributed by atoms with Gasteiger partial charge in [-0.15, -0.1) is 0 Å². The van der Waals surface area contributed by atoms with Crippen LogP contribution in [0, 0.1) is 6.92 Å². The van der Waals surface area contributed by atoms with Crippen molar-refractivity contribution in [2.45, 2.75) is 32.6 Å². The Morgan fingerprint density at radius 1 is 1.15 bits per heavy atom. The van der Waals surface area contributed by atoms with E-state index >= 15 is 0 Å². The second-order valence-corrected chi connectivity index (χ2v) is 6.61. The quantitative estimate of drug-likeness (QED) is 0.466. The maximum Gasteiger partial charge on any atom is 0.311 e.